The largest absolute Gasteiger partial charge is 0.318 e. The van der Waals surface area contributed by atoms with E-state index < -0.39 is 0 Å². The standard InChI is InChI=1S/C27H23N3OS/c1-17-8-11-23(12-9-17)28-27-29-26(31)25(32-27)16-22-14-18(2)30(19(22)3)24-13-10-20-6-4-5-7-21(20)15-24/h4-16H,1-3H3,(H,28,29,31)/b25-16+. The zero-order valence-electron chi connectivity index (χ0n) is 18.2. The van der Waals surface area contributed by atoms with Crippen molar-refractivity contribution in [2.24, 2.45) is 4.99 Å². The second-order valence-corrected chi connectivity index (χ2v) is 9.04. The first kappa shape index (κ1) is 20.3. The first-order chi connectivity index (χ1) is 15.5. The van der Waals surface area contributed by atoms with E-state index in [1.807, 2.05) is 37.3 Å². The molecule has 1 aliphatic heterocycles. The molecule has 4 aromatic rings. The average Bonchev–Trinajstić information content (AvgIpc) is 3.27. The highest BCUT2D eigenvalue weighted by Crippen LogP contribution is 2.31. The Hall–Kier alpha value is -3.57. The molecule has 1 saturated heterocycles. The highest BCUT2D eigenvalue weighted by molar-refractivity contribution is 8.18. The van der Waals surface area contributed by atoms with Gasteiger partial charge in [-0.3, -0.25) is 4.79 Å². The Morgan fingerprint density at radius 3 is 2.44 bits per heavy atom. The normalized spacial score (nSPS) is 16.3. The van der Waals surface area contributed by atoms with Crippen LogP contribution in [0.15, 0.2) is 82.7 Å². The first-order valence-electron chi connectivity index (χ1n) is 10.5. The Balaban J connectivity index is 1.46. The molecule has 1 aromatic heterocycles. The summed E-state index contributed by atoms with van der Waals surface area (Å²) < 4.78 is 2.23. The van der Waals surface area contributed by atoms with E-state index in [-0.39, 0.29) is 5.91 Å². The Bertz CT molecular complexity index is 1410. The number of nitrogens with zero attached hydrogens (tertiary/aromatic N) is 2. The molecular weight excluding hydrogens is 414 g/mol. The van der Waals surface area contributed by atoms with Gasteiger partial charge < -0.3 is 9.88 Å². The van der Waals surface area contributed by atoms with Crippen LogP contribution in [-0.4, -0.2) is 15.6 Å². The Morgan fingerprint density at radius 1 is 0.906 bits per heavy atom. The fraction of sp³-hybridized carbons (Fsp3) is 0.111. The molecule has 5 heteroatoms. The summed E-state index contributed by atoms with van der Waals surface area (Å²) in [7, 11) is 0. The zero-order chi connectivity index (χ0) is 22.2. The molecule has 0 atom stereocenters. The lowest BCUT2D eigenvalue weighted by atomic mass is 10.1. The zero-order valence-corrected chi connectivity index (χ0v) is 19.0. The maximum Gasteiger partial charge on any atom is 0.264 e. The molecule has 2 heterocycles. The number of rotatable bonds is 3. The third-order valence-electron chi connectivity index (χ3n) is 5.66. The predicted molar refractivity (Wildman–Crippen MR) is 135 cm³/mol. The molecule has 3 aromatic carbocycles. The van der Waals surface area contributed by atoms with Crippen LogP contribution in [-0.2, 0) is 4.79 Å². The maximum atomic E-state index is 12.6. The lowest BCUT2D eigenvalue weighted by Gasteiger charge is -2.11. The second-order valence-electron chi connectivity index (χ2n) is 8.01. The number of hydrogen-bond acceptors (Lipinski definition) is 3. The summed E-state index contributed by atoms with van der Waals surface area (Å²) in [5.74, 6) is -0.114. The molecule has 0 aliphatic carbocycles. The van der Waals surface area contributed by atoms with Crippen molar-refractivity contribution in [1.29, 1.82) is 0 Å². The molecule has 0 radical (unpaired) electrons. The van der Waals surface area contributed by atoms with Crippen LogP contribution in [0, 0.1) is 20.8 Å². The highest BCUT2D eigenvalue weighted by atomic mass is 32.2. The van der Waals surface area contributed by atoms with Gasteiger partial charge in [-0.1, -0.05) is 48.0 Å². The highest BCUT2D eigenvalue weighted by Gasteiger charge is 2.24. The van der Waals surface area contributed by atoms with Crippen molar-refractivity contribution in [3.05, 3.63) is 100 Å². The fourth-order valence-corrected chi connectivity index (χ4v) is 4.84. The molecule has 32 heavy (non-hydrogen) atoms. The van der Waals surface area contributed by atoms with E-state index in [1.165, 1.54) is 28.1 Å². The summed E-state index contributed by atoms with van der Waals surface area (Å²) in [5, 5.41) is 5.92. The van der Waals surface area contributed by atoms with Crippen LogP contribution in [0.3, 0.4) is 0 Å². The predicted octanol–water partition coefficient (Wildman–Crippen LogP) is 6.45. The quantitative estimate of drug-likeness (QED) is 0.375. The molecule has 0 unspecified atom stereocenters. The smallest absolute Gasteiger partial charge is 0.264 e. The van der Waals surface area contributed by atoms with Gasteiger partial charge in [0.05, 0.1) is 10.6 Å². The number of aliphatic imine (C=N–C) groups is 1. The Kier molecular flexibility index (Phi) is 5.19. The number of amidine groups is 1. The molecule has 158 valence electrons. The minimum atomic E-state index is -0.114. The molecule has 0 bridgehead atoms. The van der Waals surface area contributed by atoms with Gasteiger partial charge in [-0.15, -0.1) is 0 Å². The number of thioether (sulfide) groups is 1. The van der Waals surface area contributed by atoms with Gasteiger partial charge in [0, 0.05) is 17.1 Å². The molecule has 0 saturated carbocycles. The number of aromatic nitrogens is 1. The molecule has 0 spiro atoms. The molecule has 4 nitrogen and oxygen atoms in total. The van der Waals surface area contributed by atoms with E-state index in [1.54, 1.807) is 0 Å². The van der Waals surface area contributed by atoms with Crippen LogP contribution in [0.2, 0.25) is 0 Å². The minimum Gasteiger partial charge on any atom is -0.318 e. The van der Waals surface area contributed by atoms with E-state index in [2.05, 4.69) is 77.3 Å². The SMILES string of the molecule is Cc1ccc(N=C2NC(=O)/C(=C\c3cc(C)n(-c4ccc5ccccc5c4)c3C)S2)cc1. The topological polar surface area (TPSA) is 46.4 Å². The molecule has 1 amide bonds. The van der Waals surface area contributed by atoms with E-state index in [0.717, 1.165) is 28.3 Å². The van der Waals surface area contributed by atoms with Gasteiger partial charge in [-0.2, -0.15) is 0 Å². The van der Waals surface area contributed by atoms with Crippen LogP contribution in [0.25, 0.3) is 22.5 Å². The molecule has 1 N–H and O–H groups in total. The summed E-state index contributed by atoms with van der Waals surface area (Å²) in [6.07, 6.45) is 1.96. The second kappa shape index (κ2) is 8.17. The van der Waals surface area contributed by atoms with Gasteiger partial charge in [0.1, 0.15) is 0 Å². The van der Waals surface area contributed by atoms with Gasteiger partial charge in [0.25, 0.3) is 5.91 Å². The summed E-state index contributed by atoms with van der Waals surface area (Å²) in [6, 6.07) is 24.9. The van der Waals surface area contributed by atoms with Crippen LogP contribution < -0.4 is 5.32 Å². The van der Waals surface area contributed by atoms with E-state index in [4.69, 9.17) is 0 Å². The van der Waals surface area contributed by atoms with Crippen molar-refractivity contribution in [1.82, 2.24) is 9.88 Å². The number of hydrogen-bond donors (Lipinski definition) is 1. The van der Waals surface area contributed by atoms with Crippen LogP contribution in [0.4, 0.5) is 5.69 Å². The van der Waals surface area contributed by atoms with Crippen LogP contribution in [0.5, 0.6) is 0 Å². The van der Waals surface area contributed by atoms with Gasteiger partial charge >= 0.3 is 0 Å². The molecular formula is C27H23N3OS. The third-order valence-corrected chi connectivity index (χ3v) is 6.57. The molecule has 1 fully saturated rings. The average molecular weight is 438 g/mol. The lowest BCUT2D eigenvalue weighted by molar-refractivity contribution is -0.115. The summed E-state index contributed by atoms with van der Waals surface area (Å²) in [6.45, 7) is 6.22. The lowest BCUT2D eigenvalue weighted by Crippen LogP contribution is -2.19. The number of carbonyl (C=O) groups is 1. The number of benzene rings is 3. The van der Waals surface area contributed by atoms with Crippen molar-refractivity contribution < 1.29 is 4.79 Å². The van der Waals surface area contributed by atoms with Gasteiger partial charge in [-0.05, 0) is 85.3 Å². The number of fused-ring (bicyclic) bond motifs is 1. The van der Waals surface area contributed by atoms with Gasteiger partial charge in [-0.25, -0.2) is 4.99 Å². The van der Waals surface area contributed by atoms with E-state index in [0.29, 0.717) is 10.1 Å². The molecule has 1 aliphatic rings. The monoisotopic (exact) mass is 437 g/mol. The van der Waals surface area contributed by atoms with E-state index >= 15 is 0 Å². The van der Waals surface area contributed by atoms with Crippen molar-refractivity contribution in [2.45, 2.75) is 20.8 Å². The van der Waals surface area contributed by atoms with Crippen molar-refractivity contribution >= 4 is 45.4 Å². The van der Waals surface area contributed by atoms with Crippen molar-refractivity contribution in [2.75, 3.05) is 0 Å². The third kappa shape index (κ3) is 3.87. The number of nitrogens with one attached hydrogen (secondary N) is 1. The summed E-state index contributed by atoms with van der Waals surface area (Å²) in [5.41, 5.74) is 6.39. The number of carbonyl (C=O) groups excluding carboxylic acids is 1. The Labute approximate surface area is 191 Å². The first-order valence-corrected chi connectivity index (χ1v) is 11.3. The Morgan fingerprint density at radius 2 is 1.66 bits per heavy atom. The number of aryl methyl sites for hydroxylation is 2. The van der Waals surface area contributed by atoms with Crippen LogP contribution >= 0.6 is 11.8 Å². The summed E-state index contributed by atoms with van der Waals surface area (Å²) >= 11 is 1.38. The van der Waals surface area contributed by atoms with Gasteiger partial charge in [0.15, 0.2) is 5.17 Å². The fourth-order valence-electron chi connectivity index (χ4n) is 4.01. The number of amides is 1. The maximum absolute atomic E-state index is 12.6. The van der Waals surface area contributed by atoms with Gasteiger partial charge in [0.2, 0.25) is 0 Å². The van der Waals surface area contributed by atoms with Crippen molar-refractivity contribution in [3.63, 3.8) is 0 Å². The van der Waals surface area contributed by atoms with Crippen molar-refractivity contribution in [3.8, 4) is 5.69 Å². The summed E-state index contributed by atoms with van der Waals surface area (Å²) in [4.78, 5) is 17.8. The van der Waals surface area contributed by atoms with Crippen LogP contribution in [0.1, 0.15) is 22.5 Å². The van der Waals surface area contributed by atoms with E-state index in [9.17, 15) is 4.79 Å². The minimum absolute atomic E-state index is 0.114. The molecule has 5 rings (SSSR count).